The van der Waals surface area contributed by atoms with E-state index in [2.05, 4.69) is 22.2 Å². The molecule has 17 heavy (non-hydrogen) atoms. The summed E-state index contributed by atoms with van der Waals surface area (Å²) in [5.41, 5.74) is 7.27. The standard InChI is InChI=1S/C13H16N4/c14-11-7-4-8-17-13(11)15-12(16-17)9-10-5-2-1-3-6-10/h1-3,5-6,11H,4,7-9,14H2. The van der Waals surface area contributed by atoms with E-state index in [1.54, 1.807) is 0 Å². The Morgan fingerprint density at radius 1 is 1.29 bits per heavy atom. The summed E-state index contributed by atoms with van der Waals surface area (Å²) in [6, 6.07) is 10.3. The molecule has 2 N–H and O–H groups in total. The monoisotopic (exact) mass is 228 g/mol. The average Bonchev–Trinajstić information content (AvgIpc) is 2.74. The first-order valence-electron chi connectivity index (χ1n) is 6.06. The SMILES string of the molecule is NC1CCCn2nc(Cc3ccccc3)nc21. The van der Waals surface area contributed by atoms with Gasteiger partial charge in [-0.05, 0) is 18.4 Å². The molecule has 1 aliphatic heterocycles. The van der Waals surface area contributed by atoms with E-state index >= 15 is 0 Å². The van der Waals surface area contributed by atoms with Crippen molar-refractivity contribution in [1.82, 2.24) is 14.8 Å². The number of hydrogen-bond donors (Lipinski definition) is 1. The van der Waals surface area contributed by atoms with E-state index < -0.39 is 0 Å². The lowest BCUT2D eigenvalue weighted by Gasteiger charge is -2.17. The summed E-state index contributed by atoms with van der Waals surface area (Å²) >= 11 is 0. The zero-order valence-electron chi connectivity index (χ0n) is 9.71. The van der Waals surface area contributed by atoms with Crippen LogP contribution in [0, 0.1) is 0 Å². The van der Waals surface area contributed by atoms with Crippen LogP contribution in [0.4, 0.5) is 0 Å². The third-order valence-corrected chi connectivity index (χ3v) is 3.17. The predicted octanol–water partition coefficient (Wildman–Crippen LogP) is 1.66. The molecule has 1 atom stereocenters. The van der Waals surface area contributed by atoms with Crippen molar-refractivity contribution < 1.29 is 0 Å². The van der Waals surface area contributed by atoms with Crippen LogP contribution in [-0.4, -0.2) is 14.8 Å². The van der Waals surface area contributed by atoms with E-state index in [9.17, 15) is 0 Å². The Morgan fingerprint density at radius 2 is 2.12 bits per heavy atom. The Morgan fingerprint density at radius 3 is 2.88 bits per heavy atom. The Labute approximate surface area is 100 Å². The van der Waals surface area contributed by atoms with Gasteiger partial charge in [-0.25, -0.2) is 9.67 Å². The minimum absolute atomic E-state index is 0.0563. The van der Waals surface area contributed by atoms with Crippen LogP contribution < -0.4 is 5.73 Å². The molecule has 3 rings (SSSR count). The van der Waals surface area contributed by atoms with Crippen molar-refractivity contribution in [1.29, 1.82) is 0 Å². The van der Waals surface area contributed by atoms with Gasteiger partial charge in [0.1, 0.15) is 5.82 Å². The zero-order chi connectivity index (χ0) is 11.7. The van der Waals surface area contributed by atoms with Crippen LogP contribution in [0.1, 0.15) is 36.1 Å². The predicted molar refractivity (Wildman–Crippen MR) is 65.4 cm³/mol. The summed E-state index contributed by atoms with van der Waals surface area (Å²) in [4.78, 5) is 4.55. The number of nitrogens with zero attached hydrogens (tertiary/aromatic N) is 3. The van der Waals surface area contributed by atoms with E-state index in [0.717, 1.165) is 37.5 Å². The molecule has 1 aliphatic rings. The van der Waals surface area contributed by atoms with Crippen molar-refractivity contribution in [2.45, 2.75) is 31.8 Å². The fourth-order valence-electron chi connectivity index (χ4n) is 2.29. The molecule has 0 fully saturated rings. The van der Waals surface area contributed by atoms with Crippen molar-refractivity contribution in [3.8, 4) is 0 Å². The maximum absolute atomic E-state index is 6.03. The van der Waals surface area contributed by atoms with Crippen LogP contribution >= 0.6 is 0 Å². The molecule has 0 amide bonds. The molecule has 0 radical (unpaired) electrons. The number of aromatic nitrogens is 3. The van der Waals surface area contributed by atoms with Gasteiger partial charge in [0.2, 0.25) is 0 Å². The molecule has 0 spiro atoms. The first-order chi connectivity index (χ1) is 8.33. The van der Waals surface area contributed by atoms with Crippen molar-refractivity contribution in [3.63, 3.8) is 0 Å². The molecule has 4 nitrogen and oxygen atoms in total. The topological polar surface area (TPSA) is 56.7 Å². The molecule has 88 valence electrons. The van der Waals surface area contributed by atoms with Crippen molar-refractivity contribution in [3.05, 3.63) is 47.5 Å². The van der Waals surface area contributed by atoms with Gasteiger partial charge in [0.15, 0.2) is 5.82 Å². The summed E-state index contributed by atoms with van der Waals surface area (Å²) in [5.74, 6) is 1.82. The quantitative estimate of drug-likeness (QED) is 0.850. The number of fused-ring (bicyclic) bond motifs is 1. The molecule has 2 aromatic rings. The van der Waals surface area contributed by atoms with Crippen molar-refractivity contribution in [2.24, 2.45) is 5.73 Å². The van der Waals surface area contributed by atoms with Crippen LogP contribution in [-0.2, 0) is 13.0 Å². The second-order valence-corrected chi connectivity index (χ2v) is 4.52. The van der Waals surface area contributed by atoms with E-state index in [4.69, 9.17) is 5.73 Å². The van der Waals surface area contributed by atoms with Gasteiger partial charge in [0.25, 0.3) is 0 Å². The average molecular weight is 228 g/mol. The Hall–Kier alpha value is -1.68. The number of benzene rings is 1. The highest BCUT2D eigenvalue weighted by molar-refractivity contribution is 5.19. The third-order valence-electron chi connectivity index (χ3n) is 3.17. The summed E-state index contributed by atoms with van der Waals surface area (Å²) in [6.45, 7) is 0.949. The highest BCUT2D eigenvalue weighted by atomic mass is 15.4. The minimum Gasteiger partial charge on any atom is -0.321 e. The number of rotatable bonds is 2. The van der Waals surface area contributed by atoms with E-state index in [1.165, 1.54) is 5.56 Å². The lowest BCUT2D eigenvalue weighted by atomic mass is 10.1. The Balaban J connectivity index is 1.85. The van der Waals surface area contributed by atoms with Gasteiger partial charge >= 0.3 is 0 Å². The van der Waals surface area contributed by atoms with Gasteiger partial charge in [-0.2, -0.15) is 5.10 Å². The summed E-state index contributed by atoms with van der Waals surface area (Å²) < 4.78 is 1.96. The molecule has 2 heterocycles. The fraction of sp³-hybridized carbons (Fsp3) is 0.385. The number of nitrogens with two attached hydrogens (primary N) is 1. The molecule has 1 aromatic heterocycles. The largest absolute Gasteiger partial charge is 0.321 e. The first-order valence-corrected chi connectivity index (χ1v) is 6.06. The van der Waals surface area contributed by atoms with Crippen LogP contribution in [0.2, 0.25) is 0 Å². The second-order valence-electron chi connectivity index (χ2n) is 4.52. The van der Waals surface area contributed by atoms with Crippen LogP contribution in [0.5, 0.6) is 0 Å². The van der Waals surface area contributed by atoms with E-state index in [1.807, 2.05) is 22.9 Å². The molecular weight excluding hydrogens is 212 g/mol. The van der Waals surface area contributed by atoms with Crippen LogP contribution in [0.3, 0.4) is 0 Å². The molecule has 0 saturated carbocycles. The van der Waals surface area contributed by atoms with Crippen molar-refractivity contribution in [2.75, 3.05) is 0 Å². The second kappa shape index (κ2) is 4.30. The molecule has 0 saturated heterocycles. The van der Waals surface area contributed by atoms with E-state index in [-0.39, 0.29) is 6.04 Å². The zero-order valence-corrected chi connectivity index (χ0v) is 9.71. The molecular formula is C13H16N4. The fourth-order valence-corrected chi connectivity index (χ4v) is 2.29. The smallest absolute Gasteiger partial charge is 0.155 e. The van der Waals surface area contributed by atoms with Gasteiger partial charge in [-0.1, -0.05) is 30.3 Å². The molecule has 0 aliphatic carbocycles. The third kappa shape index (κ3) is 2.08. The van der Waals surface area contributed by atoms with Gasteiger partial charge in [0, 0.05) is 13.0 Å². The molecule has 0 bridgehead atoms. The van der Waals surface area contributed by atoms with Gasteiger partial charge in [0.05, 0.1) is 6.04 Å². The summed E-state index contributed by atoms with van der Waals surface area (Å²) in [7, 11) is 0. The highest BCUT2D eigenvalue weighted by Crippen LogP contribution is 2.21. The minimum atomic E-state index is 0.0563. The Bertz CT molecular complexity index is 503. The Kier molecular flexibility index (Phi) is 2.65. The van der Waals surface area contributed by atoms with Crippen LogP contribution in [0.15, 0.2) is 30.3 Å². The summed E-state index contributed by atoms with van der Waals surface area (Å²) in [6.07, 6.45) is 2.90. The van der Waals surface area contributed by atoms with Crippen LogP contribution in [0.25, 0.3) is 0 Å². The summed E-state index contributed by atoms with van der Waals surface area (Å²) in [5, 5.41) is 4.52. The lowest BCUT2D eigenvalue weighted by molar-refractivity contribution is 0.421. The number of aryl methyl sites for hydroxylation is 1. The molecule has 1 aromatic carbocycles. The first kappa shape index (κ1) is 10.5. The van der Waals surface area contributed by atoms with Gasteiger partial charge < -0.3 is 5.73 Å². The maximum atomic E-state index is 6.03. The van der Waals surface area contributed by atoms with Gasteiger partial charge in [-0.3, -0.25) is 0 Å². The normalized spacial score (nSPS) is 19.0. The number of hydrogen-bond acceptors (Lipinski definition) is 3. The van der Waals surface area contributed by atoms with E-state index in [0.29, 0.717) is 0 Å². The molecule has 1 unspecified atom stereocenters. The van der Waals surface area contributed by atoms with Gasteiger partial charge in [-0.15, -0.1) is 0 Å². The lowest BCUT2D eigenvalue weighted by Crippen LogP contribution is -2.22. The van der Waals surface area contributed by atoms with Crippen molar-refractivity contribution >= 4 is 0 Å². The highest BCUT2D eigenvalue weighted by Gasteiger charge is 2.20. The maximum Gasteiger partial charge on any atom is 0.155 e. The molecule has 4 heteroatoms.